The summed E-state index contributed by atoms with van der Waals surface area (Å²) in [6.45, 7) is 1.87. The first-order valence-corrected chi connectivity index (χ1v) is 7.08. The number of nitrogen functional groups attached to an aromatic ring is 1. The standard InChI is InChI=1S/C14H13Cl2N3O3/c1-3-22-14(20)11-12(17)19-13(21-2)10(18-11)7-5-4-6-8(15)9(7)16/h4-6H,3H2,1-2H3,(H2,17,19). The van der Waals surface area contributed by atoms with E-state index >= 15 is 0 Å². The second-order valence-electron chi connectivity index (χ2n) is 4.14. The molecule has 0 amide bonds. The SMILES string of the molecule is CCOC(=O)c1nc(-c2cccc(Cl)c2Cl)c(OC)nc1N. The van der Waals surface area contributed by atoms with Crippen molar-refractivity contribution < 1.29 is 14.3 Å². The van der Waals surface area contributed by atoms with Gasteiger partial charge < -0.3 is 15.2 Å². The zero-order chi connectivity index (χ0) is 16.3. The number of nitrogens with two attached hydrogens (primary N) is 1. The third kappa shape index (κ3) is 3.08. The zero-order valence-corrected chi connectivity index (χ0v) is 13.4. The van der Waals surface area contributed by atoms with E-state index in [0.29, 0.717) is 10.6 Å². The van der Waals surface area contributed by atoms with Crippen LogP contribution in [0.4, 0.5) is 5.82 Å². The van der Waals surface area contributed by atoms with Gasteiger partial charge in [0.25, 0.3) is 0 Å². The Morgan fingerprint density at radius 2 is 2.05 bits per heavy atom. The fourth-order valence-corrected chi connectivity index (χ4v) is 2.18. The number of benzene rings is 1. The molecular weight excluding hydrogens is 329 g/mol. The van der Waals surface area contributed by atoms with Gasteiger partial charge in [-0.25, -0.2) is 9.78 Å². The summed E-state index contributed by atoms with van der Waals surface area (Å²) in [5.41, 5.74) is 6.36. The van der Waals surface area contributed by atoms with Crippen molar-refractivity contribution in [3.63, 3.8) is 0 Å². The van der Waals surface area contributed by atoms with Gasteiger partial charge in [0.15, 0.2) is 11.5 Å². The van der Waals surface area contributed by atoms with Crippen LogP contribution in [0.15, 0.2) is 18.2 Å². The largest absolute Gasteiger partial charge is 0.479 e. The molecule has 1 aromatic carbocycles. The first kappa shape index (κ1) is 16.3. The van der Waals surface area contributed by atoms with E-state index in [1.165, 1.54) is 7.11 Å². The highest BCUT2D eigenvalue weighted by molar-refractivity contribution is 6.43. The average molecular weight is 342 g/mol. The minimum Gasteiger partial charge on any atom is -0.479 e. The lowest BCUT2D eigenvalue weighted by Gasteiger charge is -2.12. The van der Waals surface area contributed by atoms with E-state index in [1.54, 1.807) is 25.1 Å². The number of aromatic nitrogens is 2. The summed E-state index contributed by atoms with van der Waals surface area (Å²) < 4.78 is 10.1. The average Bonchev–Trinajstić information content (AvgIpc) is 2.50. The highest BCUT2D eigenvalue weighted by Crippen LogP contribution is 2.36. The predicted molar refractivity (Wildman–Crippen MR) is 84.4 cm³/mol. The minimum atomic E-state index is -0.672. The van der Waals surface area contributed by atoms with Gasteiger partial charge in [0.1, 0.15) is 5.69 Å². The monoisotopic (exact) mass is 341 g/mol. The minimum absolute atomic E-state index is 0.0859. The molecule has 2 aromatic rings. The summed E-state index contributed by atoms with van der Waals surface area (Å²) in [5.74, 6) is -0.624. The lowest BCUT2D eigenvalue weighted by atomic mass is 10.1. The molecule has 0 radical (unpaired) electrons. The molecule has 2 N–H and O–H groups in total. The predicted octanol–water partition coefficient (Wildman–Crippen LogP) is 3.22. The summed E-state index contributed by atoms with van der Waals surface area (Å²) in [7, 11) is 1.41. The number of anilines is 1. The summed E-state index contributed by atoms with van der Waals surface area (Å²) in [6.07, 6.45) is 0. The Labute approximate surface area is 137 Å². The lowest BCUT2D eigenvalue weighted by Crippen LogP contribution is -2.13. The van der Waals surface area contributed by atoms with Gasteiger partial charge in [0.05, 0.1) is 23.8 Å². The van der Waals surface area contributed by atoms with Crippen molar-refractivity contribution in [1.82, 2.24) is 9.97 Å². The highest BCUT2D eigenvalue weighted by Gasteiger charge is 2.22. The van der Waals surface area contributed by atoms with Crippen LogP contribution in [0, 0.1) is 0 Å². The molecule has 0 spiro atoms. The number of nitrogens with zero attached hydrogens (tertiary/aromatic N) is 2. The molecule has 0 unspecified atom stereocenters. The molecule has 0 aliphatic rings. The van der Waals surface area contributed by atoms with E-state index < -0.39 is 5.97 Å². The number of esters is 1. The molecule has 1 aromatic heterocycles. The molecule has 2 rings (SSSR count). The molecule has 0 saturated carbocycles. The van der Waals surface area contributed by atoms with Crippen LogP contribution in [0.1, 0.15) is 17.4 Å². The summed E-state index contributed by atoms with van der Waals surface area (Å²) in [6, 6.07) is 5.02. The summed E-state index contributed by atoms with van der Waals surface area (Å²) >= 11 is 12.2. The fourth-order valence-electron chi connectivity index (χ4n) is 1.79. The maximum absolute atomic E-state index is 11.9. The summed E-state index contributed by atoms with van der Waals surface area (Å²) in [4.78, 5) is 20.1. The van der Waals surface area contributed by atoms with Crippen LogP contribution in [-0.2, 0) is 4.74 Å². The van der Waals surface area contributed by atoms with Crippen LogP contribution in [-0.4, -0.2) is 29.7 Å². The zero-order valence-electron chi connectivity index (χ0n) is 11.9. The normalized spacial score (nSPS) is 10.4. The third-order valence-corrected chi connectivity index (χ3v) is 3.58. The van der Waals surface area contributed by atoms with E-state index in [9.17, 15) is 4.79 Å². The van der Waals surface area contributed by atoms with Gasteiger partial charge in [-0.15, -0.1) is 0 Å². The van der Waals surface area contributed by atoms with Crippen LogP contribution >= 0.6 is 23.2 Å². The van der Waals surface area contributed by atoms with Crippen molar-refractivity contribution in [3.05, 3.63) is 33.9 Å². The van der Waals surface area contributed by atoms with Crippen LogP contribution in [0.2, 0.25) is 10.0 Å². The molecule has 0 saturated heterocycles. The number of carbonyl (C=O) groups is 1. The maximum Gasteiger partial charge on any atom is 0.360 e. The van der Waals surface area contributed by atoms with Crippen molar-refractivity contribution >= 4 is 35.0 Å². The number of halogens is 2. The maximum atomic E-state index is 11.9. The van der Waals surface area contributed by atoms with Crippen LogP contribution in [0.5, 0.6) is 5.88 Å². The second kappa shape index (κ2) is 6.81. The highest BCUT2D eigenvalue weighted by atomic mass is 35.5. The second-order valence-corrected chi connectivity index (χ2v) is 4.92. The van der Waals surface area contributed by atoms with Crippen molar-refractivity contribution in [1.29, 1.82) is 0 Å². The topological polar surface area (TPSA) is 87.3 Å². The molecule has 1 heterocycles. The van der Waals surface area contributed by atoms with Crippen molar-refractivity contribution in [2.45, 2.75) is 6.92 Å². The van der Waals surface area contributed by atoms with Gasteiger partial charge in [-0.2, -0.15) is 4.98 Å². The molecule has 22 heavy (non-hydrogen) atoms. The van der Waals surface area contributed by atoms with Gasteiger partial charge in [0, 0.05) is 5.56 Å². The van der Waals surface area contributed by atoms with Gasteiger partial charge in [-0.3, -0.25) is 0 Å². The van der Waals surface area contributed by atoms with Crippen molar-refractivity contribution in [2.75, 3.05) is 19.5 Å². The van der Waals surface area contributed by atoms with E-state index in [1.807, 2.05) is 0 Å². The molecular formula is C14H13Cl2N3O3. The van der Waals surface area contributed by atoms with Crippen molar-refractivity contribution in [3.8, 4) is 17.1 Å². The van der Waals surface area contributed by atoms with E-state index in [-0.39, 0.29) is 34.7 Å². The van der Waals surface area contributed by atoms with Crippen molar-refractivity contribution in [2.24, 2.45) is 0 Å². The number of hydrogen-bond acceptors (Lipinski definition) is 6. The van der Waals surface area contributed by atoms with Gasteiger partial charge in [0.2, 0.25) is 5.88 Å². The smallest absolute Gasteiger partial charge is 0.360 e. The Balaban J connectivity index is 2.66. The molecule has 0 aliphatic heterocycles. The van der Waals surface area contributed by atoms with Crippen LogP contribution in [0.3, 0.4) is 0 Å². The van der Waals surface area contributed by atoms with Gasteiger partial charge in [-0.05, 0) is 13.0 Å². The molecule has 0 bridgehead atoms. The Hall–Kier alpha value is -2.05. The van der Waals surface area contributed by atoms with Crippen LogP contribution < -0.4 is 10.5 Å². The number of ether oxygens (including phenoxy) is 2. The number of carbonyl (C=O) groups excluding carboxylic acids is 1. The first-order chi connectivity index (χ1) is 10.5. The van der Waals surface area contributed by atoms with E-state index in [0.717, 1.165) is 0 Å². The molecule has 116 valence electrons. The number of rotatable bonds is 4. The first-order valence-electron chi connectivity index (χ1n) is 6.32. The summed E-state index contributed by atoms with van der Waals surface area (Å²) in [5, 5.41) is 0.619. The molecule has 6 nitrogen and oxygen atoms in total. The Morgan fingerprint density at radius 3 is 2.68 bits per heavy atom. The quantitative estimate of drug-likeness (QED) is 0.859. The van der Waals surface area contributed by atoms with Gasteiger partial charge >= 0.3 is 5.97 Å². The lowest BCUT2D eigenvalue weighted by molar-refractivity contribution is 0.0520. The Kier molecular flexibility index (Phi) is 5.05. The van der Waals surface area contributed by atoms with Gasteiger partial charge in [-0.1, -0.05) is 35.3 Å². The molecule has 0 atom stereocenters. The van der Waals surface area contributed by atoms with E-state index in [4.69, 9.17) is 38.4 Å². The number of hydrogen-bond donors (Lipinski definition) is 1. The molecule has 0 fully saturated rings. The Morgan fingerprint density at radius 1 is 1.32 bits per heavy atom. The molecule has 0 aliphatic carbocycles. The third-order valence-electron chi connectivity index (χ3n) is 2.76. The van der Waals surface area contributed by atoms with Crippen LogP contribution in [0.25, 0.3) is 11.3 Å². The molecule has 8 heteroatoms. The number of methoxy groups -OCH3 is 1. The van der Waals surface area contributed by atoms with E-state index in [2.05, 4.69) is 9.97 Å². The fraction of sp³-hybridized carbons (Fsp3) is 0.214. The Bertz CT molecular complexity index is 723.